The lowest BCUT2D eigenvalue weighted by molar-refractivity contribution is 0.102. The smallest absolute Gasteiger partial charge is 0.256 e. The number of pyridine rings is 1. The molecule has 1 aliphatic heterocycles. The summed E-state index contributed by atoms with van der Waals surface area (Å²) in [6, 6.07) is 22.8. The first kappa shape index (κ1) is 21.0. The highest BCUT2D eigenvalue weighted by molar-refractivity contribution is 7.16. The van der Waals surface area contributed by atoms with Crippen molar-refractivity contribution >= 4 is 28.1 Å². The Hall–Kier alpha value is -3.84. The molecular formula is C26H23N3O3S. The second kappa shape index (κ2) is 9.34. The van der Waals surface area contributed by atoms with E-state index in [1.807, 2.05) is 66.7 Å². The van der Waals surface area contributed by atoms with E-state index in [4.69, 9.17) is 9.47 Å². The molecule has 0 fully saturated rings. The highest BCUT2D eigenvalue weighted by Crippen LogP contribution is 2.41. The van der Waals surface area contributed by atoms with Gasteiger partial charge in [-0.2, -0.15) is 0 Å². The number of nitrogens with zero attached hydrogens (tertiary/aromatic N) is 1. The second-order valence-corrected chi connectivity index (χ2v) is 8.71. The summed E-state index contributed by atoms with van der Waals surface area (Å²) in [5, 5.41) is 7.49. The lowest BCUT2D eigenvalue weighted by Gasteiger charge is -2.21. The summed E-state index contributed by atoms with van der Waals surface area (Å²) < 4.78 is 11.1. The fraction of sp³-hybridized carbons (Fsp3) is 0.154. The number of aryl methyl sites for hydroxylation is 1. The number of fused-ring (bicyclic) bond motifs is 1. The van der Waals surface area contributed by atoms with Crippen LogP contribution in [0.1, 0.15) is 39.3 Å². The third-order valence-corrected chi connectivity index (χ3v) is 6.63. The summed E-state index contributed by atoms with van der Waals surface area (Å²) in [6.45, 7) is 2.33. The number of benzene rings is 2. The van der Waals surface area contributed by atoms with E-state index in [2.05, 4.69) is 28.6 Å². The molecule has 4 aromatic rings. The number of ether oxygens (including phenoxy) is 2. The number of thiophene rings is 1. The number of rotatable bonds is 7. The number of carbonyl (C=O) groups excluding carboxylic acids is 1. The Kier molecular flexibility index (Phi) is 5.95. The van der Waals surface area contributed by atoms with Gasteiger partial charge in [0.2, 0.25) is 6.79 Å². The molecule has 2 N–H and O–H groups in total. The van der Waals surface area contributed by atoms with Crippen molar-refractivity contribution in [1.82, 2.24) is 4.98 Å². The maximum Gasteiger partial charge on any atom is 0.256 e. The van der Waals surface area contributed by atoms with Crippen molar-refractivity contribution in [2.45, 2.75) is 19.4 Å². The summed E-state index contributed by atoms with van der Waals surface area (Å²) in [6.07, 6.45) is 2.62. The number of aromatic nitrogens is 1. The van der Waals surface area contributed by atoms with Gasteiger partial charge in [-0.15, -0.1) is 11.3 Å². The van der Waals surface area contributed by atoms with E-state index in [-0.39, 0.29) is 18.7 Å². The third-order valence-electron chi connectivity index (χ3n) is 5.42. The number of nitrogens with one attached hydrogen (secondary N) is 2. The van der Waals surface area contributed by atoms with Crippen molar-refractivity contribution in [1.29, 1.82) is 0 Å². The summed E-state index contributed by atoms with van der Waals surface area (Å²) in [5.74, 6) is 2.04. The minimum Gasteiger partial charge on any atom is -0.454 e. The molecule has 7 heteroatoms. The van der Waals surface area contributed by atoms with Gasteiger partial charge >= 0.3 is 0 Å². The average molecular weight is 458 g/mol. The van der Waals surface area contributed by atoms with Crippen LogP contribution >= 0.6 is 11.3 Å². The van der Waals surface area contributed by atoms with Gasteiger partial charge in [0.1, 0.15) is 10.8 Å². The van der Waals surface area contributed by atoms with Crippen molar-refractivity contribution in [3.63, 3.8) is 0 Å². The number of hydrogen-bond donors (Lipinski definition) is 2. The van der Waals surface area contributed by atoms with Gasteiger partial charge in [0.05, 0.1) is 6.04 Å². The molecule has 5 rings (SSSR count). The number of anilines is 2. The molecule has 1 amide bonds. The van der Waals surface area contributed by atoms with E-state index in [1.54, 1.807) is 17.5 Å². The van der Waals surface area contributed by atoms with E-state index < -0.39 is 0 Å². The lowest BCUT2D eigenvalue weighted by atomic mass is 9.99. The lowest BCUT2D eigenvalue weighted by Crippen LogP contribution is -2.17. The van der Waals surface area contributed by atoms with Crippen molar-refractivity contribution in [3.8, 4) is 11.5 Å². The third kappa shape index (κ3) is 4.54. The molecule has 1 atom stereocenters. The molecule has 2 aromatic heterocycles. The second-order valence-electron chi connectivity index (χ2n) is 7.58. The van der Waals surface area contributed by atoms with Crippen molar-refractivity contribution in [3.05, 3.63) is 101 Å². The zero-order chi connectivity index (χ0) is 22.6. The first-order valence-corrected chi connectivity index (χ1v) is 11.6. The van der Waals surface area contributed by atoms with Crippen LogP contribution in [0, 0.1) is 0 Å². The Morgan fingerprint density at radius 3 is 2.64 bits per heavy atom. The quantitative estimate of drug-likeness (QED) is 0.362. The molecule has 0 spiro atoms. The Balaban J connectivity index is 1.55. The van der Waals surface area contributed by atoms with E-state index in [0.717, 1.165) is 34.1 Å². The van der Waals surface area contributed by atoms with Crippen molar-refractivity contribution in [2.24, 2.45) is 0 Å². The van der Waals surface area contributed by atoms with Gasteiger partial charge in [0.15, 0.2) is 11.5 Å². The molecule has 166 valence electrons. The molecule has 0 saturated carbocycles. The van der Waals surface area contributed by atoms with E-state index in [1.165, 1.54) is 4.88 Å². The number of hydrogen-bond acceptors (Lipinski definition) is 6. The van der Waals surface area contributed by atoms with Gasteiger partial charge in [-0.05, 0) is 54.4 Å². The highest BCUT2D eigenvalue weighted by Gasteiger charge is 2.25. The molecule has 0 bridgehead atoms. The molecule has 6 nitrogen and oxygen atoms in total. The van der Waals surface area contributed by atoms with E-state index in [0.29, 0.717) is 11.3 Å². The first-order chi connectivity index (χ1) is 16.2. The molecule has 3 heterocycles. The van der Waals surface area contributed by atoms with E-state index in [9.17, 15) is 4.79 Å². The predicted molar refractivity (Wildman–Crippen MR) is 130 cm³/mol. The standard InChI is InChI=1S/C26H23N3O3S/c1-2-19-15-20(26(33-19)29-25(30)17-8-4-3-5-9-17)24(28-23-10-6-7-13-27-23)18-11-12-21-22(14-18)32-16-31-21/h3-15,24H,2,16H2,1H3,(H,27,28)(H,29,30)/t24-/m1/s1. The fourth-order valence-electron chi connectivity index (χ4n) is 3.74. The van der Waals surface area contributed by atoms with Crippen LogP contribution in [0.3, 0.4) is 0 Å². The van der Waals surface area contributed by atoms with Gasteiger partial charge in [-0.25, -0.2) is 4.98 Å². The first-order valence-electron chi connectivity index (χ1n) is 10.8. The summed E-state index contributed by atoms with van der Waals surface area (Å²) >= 11 is 1.59. The van der Waals surface area contributed by atoms with Crippen LogP contribution in [0.15, 0.2) is 79.0 Å². The normalized spacial score (nSPS) is 12.9. The minimum atomic E-state index is -0.253. The van der Waals surface area contributed by atoms with Gasteiger partial charge in [0.25, 0.3) is 5.91 Å². The van der Waals surface area contributed by atoms with E-state index >= 15 is 0 Å². The summed E-state index contributed by atoms with van der Waals surface area (Å²) in [4.78, 5) is 18.6. The van der Waals surface area contributed by atoms with Crippen LogP contribution in [0.25, 0.3) is 0 Å². The van der Waals surface area contributed by atoms with Gasteiger partial charge < -0.3 is 20.1 Å². The number of amides is 1. The molecule has 33 heavy (non-hydrogen) atoms. The minimum absolute atomic E-state index is 0.136. The molecule has 0 radical (unpaired) electrons. The molecule has 0 unspecified atom stereocenters. The molecule has 1 aliphatic rings. The van der Waals surface area contributed by atoms with Crippen LogP contribution in [-0.4, -0.2) is 17.7 Å². The van der Waals surface area contributed by atoms with Gasteiger partial charge in [-0.3, -0.25) is 4.79 Å². The SMILES string of the molecule is CCc1cc([C@H](Nc2ccccn2)c2ccc3c(c2)OCO3)c(NC(=O)c2ccccc2)s1. The molecule has 2 aromatic carbocycles. The number of carbonyl (C=O) groups is 1. The zero-order valence-electron chi connectivity index (χ0n) is 18.1. The van der Waals surface area contributed by atoms with Crippen molar-refractivity contribution < 1.29 is 14.3 Å². The highest BCUT2D eigenvalue weighted by atomic mass is 32.1. The fourth-order valence-corrected chi connectivity index (χ4v) is 4.77. The largest absolute Gasteiger partial charge is 0.454 e. The summed E-state index contributed by atoms with van der Waals surface area (Å²) in [7, 11) is 0. The van der Waals surface area contributed by atoms with Gasteiger partial charge in [-0.1, -0.05) is 37.3 Å². The Morgan fingerprint density at radius 2 is 1.85 bits per heavy atom. The average Bonchev–Trinajstić information content (AvgIpc) is 3.50. The molecular weight excluding hydrogens is 434 g/mol. The van der Waals surface area contributed by atoms with Crippen LogP contribution < -0.4 is 20.1 Å². The predicted octanol–water partition coefficient (Wildman–Crippen LogP) is 5.89. The summed E-state index contributed by atoms with van der Waals surface area (Å²) in [5.41, 5.74) is 2.58. The Labute approximate surface area is 196 Å². The van der Waals surface area contributed by atoms with Crippen molar-refractivity contribution in [2.75, 3.05) is 17.4 Å². The monoisotopic (exact) mass is 457 g/mol. The van der Waals surface area contributed by atoms with Crippen LogP contribution in [0.5, 0.6) is 11.5 Å². The molecule has 0 aliphatic carbocycles. The topological polar surface area (TPSA) is 72.5 Å². The van der Waals surface area contributed by atoms with Gasteiger partial charge in [0, 0.05) is 22.2 Å². The Morgan fingerprint density at radius 1 is 1.03 bits per heavy atom. The molecule has 0 saturated heterocycles. The maximum absolute atomic E-state index is 13.0. The van der Waals surface area contributed by atoms with Crippen LogP contribution in [0.2, 0.25) is 0 Å². The van der Waals surface area contributed by atoms with Crippen LogP contribution in [-0.2, 0) is 6.42 Å². The maximum atomic E-state index is 13.0. The Bertz CT molecular complexity index is 1260. The van der Waals surface area contributed by atoms with Crippen LogP contribution in [0.4, 0.5) is 10.8 Å². The zero-order valence-corrected chi connectivity index (χ0v) is 18.9.